The minimum absolute atomic E-state index is 0.106. The molecule has 1 fully saturated rings. The van der Waals surface area contributed by atoms with Crippen molar-refractivity contribution in [2.24, 2.45) is 0 Å². The third kappa shape index (κ3) is 2.86. The van der Waals surface area contributed by atoms with E-state index in [1.165, 1.54) is 0 Å². The first-order valence-corrected chi connectivity index (χ1v) is 8.11. The van der Waals surface area contributed by atoms with Crippen LogP contribution in [0.2, 0.25) is 0 Å². The second-order valence-corrected chi connectivity index (χ2v) is 5.92. The Morgan fingerprint density at radius 1 is 1.00 bits per heavy atom. The number of piperazine rings is 1. The highest BCUT2D eigenvalue weighted by Gasteiger charge is 2.17. The summed E-state index contributed by atoms with van der Waals surface area (Å²) in [5.74, 6) is 0.106. The van der Waals surface area contributed by atoms with E-state index < -0.39 is 0 Å². The number of carbonyl (C=O) groups is 1. The molecule has 1 aliphatic rings. The molecule has 1 amide bonds. The maximum Gasteiger partial charge on any atom is 0.253 e. The summed E-state index contributed by atoms with van der Waals surface area (Å²) in [6, 6.07) is 13.9. The molecule has 4 rings (SSSR count). The molecule has 1 aliphatic heterocycles. The Kier molecular flexibility index (Phi) is 3.92. The van der Waals surface area contributed by atoms with Gasteiger partial charge in [0.25, 0.3) is 5.91 Å². The van der Waals surface area contributed by atoms with Gasteiger partial charge in [0.15, 0.2) is 0 Å². The van der Waals surface area contributed by atoms with Gasteiger partial charge in [-0.15, -0.1) is 0 Å². The van der Waals surface area contributed by atoms with Crippen LogP contribution in [-0.2, 0) is 0 Å². The van der Waals surface area contributed by atoms with Gasteiger partial charge >= 0.3 is 0 Å². The van der Waals surface area contributed by atoms with Gasteiger partial charge in [0.1, 0.15) is 6.33 Å². The van der Waals surface area contributed by atoms with E-state index in [0.717, 1.165) is 53.8 Å². The molecule has 0 bridgehead atoms. The Morgan fingerprint density at radius 2 is 1.75 bits per heavy atom. The van der Waals surface area contributed by atoms with Crippen molar-refractivity contribution in [2.75, 3.05) is 26.2 Å². The third-order valence-corrected chi connectivity index (χ3v) is 4.37. The summed E-state index contributed by atoms with van der Waals surface area (Å²) in [5.41, 5.74) is 3.85. The number of hydrogen-bond acceptors (Lipinski definition) is 4. The highest BCUT2D eigenvalue weighted by molar-refractivity contribution is 5.95. The summed E-state index contributed by atoms with van der Waals surface area (Å²) >= 11 is 0. The molecule has 2 heterocycles. The number of hydrogen-bond donors (Lipinski definition) is 1. The minimum atomic E-state index is 0.106. The Hall–Kier alpha value is -2.79. The molecule has 24 heavy (non-hydrogen) atoms. The summed E-state index contributed by atoms with van der Waals surface area (Å²) in [7, 11) is 0. The summed E-state index contributed by atoms with van der Waals surface area (Å²) in [6.45, 7) is 3.27. The highest BCUT2D eigenvalue weighted by Crippen LogP contribution is 2.23. The molecular weight excluding hydrogens is 300 g/mol. The van der Waals surface area contributed by atoms with Crippen LogP contribution in [0.4, 0.5) is 0 Å². The molecule has 0 unspecified atom stereocenters. The van der Waals surface area contributed by atoms with Crippen LogP contribution in [0.25, 0.3) is 22.0 Å². The van der Waals surface area contributed by atoms with Crippen LogP contribution < -0.4 is 5.32 Å². The Morgan fingerprint density at radius 3 is 2.54 bits per heavy atom. The first-order chi connectivity index (χ1) is 11.8. The first-order valence-electron chi connectivity index (χ1n) is 8.11. The van der Waals surface area contributed by atoms with Crippen molar-refractivity contribution in [3.05, 3.63) is 60.6 Å². The van der Waals surface area contributed by atoms with Crippen molar-refractivity contribution in [1.82, 2.24) is 20.2 Å². The van der Waals surface area contributed by atoms with E-state index in [-0.39, 0.29) is 5.91 Å². The number of benzene rings is 2. The van der Waals surface area contributed by atoms with Gasteiger partial charge in [0, 0.05) is 43.3 Å². The maximum absolute atomic E-state index is 12.5. The van der Waals surface area contributed by atoms with Gasteiger partial charge in [-0.3, -0.25) is 4.79 Å². The number of rotatable bonds is 2. The number of nitrogens with one attached hydrogen (secondary N) is 1. The Labute approximate surface area is 140 Å². The van der Waals surface area contributed by atoms with E-state index in [4.69, 9.17) is 0 Å². The first kappa shape index (κ1) is 14.8. The number of amides is 1. The molecule has 0 saturated carbocycles. The fourth-order valence-corrected chi connectivity index (χ4v) is 3.02. The average molecular weight is 318 g/mol. The molecule has 120 valence electrons. The number of aromatic nitrogens is 2. The lowest BCUT2D eigenvalue weighted by Crippen LogP contribution is -2.46. The number of nitrogens with zero attached hydrogens (tertiary/aromatic N) is 3. The monoisotopic (exact) mass is 318 g/mol. The van der Waals surface area contributed by atoms with Gasteiger partial charge in [0.2, 0.25) is 0 Å². The third-order valence-electron chi connectivity index (χ3n) is 4.37. The summed E-state index contributed by atoms with van der Waals surface area (Å²) in [4.78, 5) is 22.7. The molecule has 0 atom stereocenters. The molecule has 2 aromatic carbocycles. The standard InChI is InChI=1S/C19H18N4O/c24-19(23-9-7-20-8-10-23)15-3-1-14(2-4-15)16-5-6-18-17(11-16)12-21-13-22-18/h1-6,11-13,20H,7-10H2. The molecular formula is C19H18N4O. The van der Waals surface area contributed by atoms with E-state index in [2.05, 4.69) is 21.4 Å². The zero-order chi connectivity index (χ0) is 16.4. The molecule has 5 nitrogen and oxygen atoms in total. The second-order valence-electron chi connectivity index (χ2n) is 5.92. The van der Waals surface area contributed by atoms with Crippen LogP contribution >= 0.6 is 0 Å². The number of carbonyl (C=O) groups excluding carboxylic acids is 1. The summed E-state index contributed by atoms with van der Waals surface area (Å²) in [6.07, 6.45) is 3.37. The van der Waals surface area contributed by atoms with Crippen molar-refractivity contribution in [3.8, 4) is 11.1 Å². The maximum atomic E-state index is 12.5. The predicted molar refractivity (Wildman–Crippen MR) is 93.7 cm³/mol. The van der Waals surface area contributed by atoms with E-state index in [0.29, 0.717) is 0 Å². The Bertz CT molecular complexity index is 870. The van der Waals surface area contributed by atoms with Gasteiger partial charge in [-0.25, -0.2) is 9.97 Å². The van der Waals surface area contributed by atoms with Gasteiger partial charge in [-0.05, 0) is 35.4 Å². The van der Waals surface area contributed by atoms with Gasteiger partial charge in [-0.1, -0.05) is 18.2 Å². The molecule has 1 aromatic heterocycles. The van der Waals surface area contributed by atoms with Gasteiger partial charge in [-0.2, -0.15) is 0 Å². The molecule has 0 aliphatic carbocycles. The summed E-state index contributed by atoms with van der Waals surface area (Å²) < 4.78 is 0. The lowest BCUT2D eigenvalue weighted by Gasteiger charge is -2.27. The molecule has 5 heteroatoms. The predicted octanol–water partition coefficient (Wildman–Crippen LogP) is 2.34. The topological polar surface area (TPSA) is 58.1 Å². The zero-order valence-corrected chi connectivity index (χ0v) is 13.3. The van der Waals surface area contributed by atoms with E-state index in [1.807, 2.05) is 47.5 Å². The van der Waals surface area contributed by atoms with Crippen LogP contribution in [0, 0.1) is 0 Å². The minimum Gasteiger partial charge on any atom is -0.336 e. The van der Waals surface area contributed by atoms with Crippen molar-refractivity contribution < 1.29 is 4.79 Å². The van der Waals surface area contributed by atoms with Crippen LogP contribution in [0.15, 0.2) is 55.0 Å². The van der Waals surface area contributed by atoms with Crippen molar-refractivity contribution >= 4 is 16.8 Å². The van der Waals surface area contributed by atoms with Crippen molar-refractivity contribution in [1.29, 1.82) is 0 Å². The fraction of sp³-hybridized carbons (Fsp3) is 0.211. The quantitative estimate of drug-likeness (QED) is 0.788. The smallest absolute Gasteiger partial charge is 0.253 e. The second kappa shape index (κ2) is 6.37. The Balaban J connectivity index is 1.59. The van der Waals surface area contributed by atoms with Gasteiger partial charge < -0.3 is 10.2 Å². The average Bonchev–Trinajstić information content (AvgIpc) is 2.68. The molecule has 0 spiro atoms. The highest BCUT2D eigenvalue weighted by atomic mass is 16.2. The molecule has 3 aromatic rings. The SMILES string of the molecule is O=C(c1ccc(-c2ccc3ncncc3c2)cc1)N1CCNCC1. The molecule has 1 N–H and O–H groups in total. The van der Waals surface area contributed by atoms with E-state index in [1.54, 1.807) is 6.33 Å². The lowest BCUT2D eigenvalue weighted by atomic mass is 10.0. The molecule has 0 radical (unpaired) electrons. The normalized spacial score (nSPS) is 14.8. The molecule has 1 saturated heterocycles. The van der Waals surface area contributed by atoms with Crippen LogP contribution in [-0.4, -0.2) is 47.0 Å². The number of fused-ring (bicyclic) bond motifs is 1. The summed E-state index contributed by atoms with van der Waals surface area (Å²) in [5, 5.41) is 4.27. The fourth-order valence-electron chi connectivity index (χ4n) is 3.02. The largest absolute Gasteiger partial charge is 0.336 e. The van der Waals surface area contributed by atoms with E-state index in [9.17, 15) is 4.79 Å². The van der Waals surface area contributed by atoms with E-state index >= 15 is 0 Å². The van der Waals surface area contributed by atoms with Crippen LogP contribution in [0.1, 0.15) is 10.4 Å². The van der Waals surface area contributed by atoms with Crippen molar-refractivity contribution in [3.63, 3.8) is 0 Å². The van der Waals surface area contributed by atoms with Gasteiger partial charge in [0.05, 0.1) is 5.52 Å². The van der Waals surface area contributed by atoms with Crippen LogP contribution in [0.5, 0.6) is 0 Å². The van der Waals surface area contributed by atoms with Crippen molar-refractivity contribution in [2.45, 2.75) is 0 Å². The van der Waals surface area contributed by atoms with Crippen LogP contribution in [0.3, 0.4) is 0 Å². The lowest BCUT2D eigenvalue weighted by molar-refractivity contribution is 0.0736. The zero-order valence-electron chi connectivity index (χ0n) is 13.3.